The van der Waals surface area contributed by atoms with Crippen molar-refractivity contribution in [1.82, 2.24) is 4.98 Å². The Morgan fingerprint density at radius 1 is 1.43 bits per heavy atom. The molecule has 0 saturated heterocycles. The average molecular weight is 191 g/mol. The predicted molar refractivity (Wildman–Crippen MR) is 52.7 cm³/mol. The van der Waals surface area contributed by atoms with Gasteiger partial charge in [-0.3, -0.25) is 9.59 Å². The van der Waals surface area contributed by atoms with Crippen LogP contribution in [0.2, 0.25) is 0 Å². The topological polar surface area (TPSA) is 49.9 Å². The summed E-state index contributed by atoms with van der Waals surface area (Å²) in [6, 6.07) is 0. The van der Waals surface area contributed by atoms with Gasteiger partial charge in [-0.15, -0.1) is 0 Å². The highest BCUT2D eigenvalue weighted by Crippen LogP contribution is 2.33. The number of nitrogens with one attached hydrogen (secondary N) is 1. The highest BCUT2D eigenvalue weighted by Gasteiger charge is 2.32. The van der Waals surface area contributed by atoms with Crippen molar-refractivity contribution in [3.8, 4) is 0 Å². The van der Waals surface area contributed by atoms with Crippen molar-refractivity contribution in [2.75, 3.05) is 0 Å². The second-order valence-corrected chi connectivity index (χ2v) is 3.92. The molecule has 1 N–H and O–H groups in total. The highest BCUT2D eigenvalue weighted by molar-refractivity contribution is 6.01. The van der Waals surface area contributed by atoms with Gasteiger partial charge in [-0.2, -0.15) is 0 Å². The molecule has 0 unspecified atom stereocenters. The maximum Gasteiger partial charge on any atom is 0.182 e. The van der Waals surface area contributed by atoms with Crippen LogP contribution in [0.4, 0.5) is 0 Å². The van der Waals surface area contributed by atoms with Crippen molar-refractivity contribution < 1.29 is 9.59 Å². The Morgan fingerprint density at radius 3 is 2.50 bits per heavy atom. The van der Waals surface area contributed by atoms with Gasteiger partial charge in [0.2, 0.25) is 0 Å². The minimum Gasteiger partial charge on any atom is -0.355 e. The Hall–Kier alpha value is -1.38. The molecular formula is C11H13NO2. The van der Waals surface area contributed by atoms with Crippen LogP contribution in [0.15, 0.2) is 0 Å². The van der Waals surface area contributed by atoms with E-state index in [0.717, 1.165) is 30.4 Å². The average Bonchev–Trinajstić information content (AvgIpc) is 2.93. The first kappa shape index (κ1) is 9.19. The van der Waals surface area contributed by atoms with Gasteiger partial charge in [-0.1, -0.05) is 0 Å². The minimum absolute atomic E-state index is 0.165. The van der Waals surface area contributed by atoms with Gasteiger partial charge in [0, 0.05) is 17.2 Å². The quantitative estimate of drug-likeness (QED) is 0.587. The summed E-state index contributed by atoms with van der Waals surface area (Å²) < 4.78 is 0. The van der Waals surface area contributed by atoms with E-state index in [2.05, 4.69) is 4.98 Å². The number of H-pyrrole nitrogens is 1. The van der Waals surface area contributed by atoms with Crippen LogP contribution in [0.1, 0.15) is 44.9 Å². The molecule has 1 aliphatic rings. The molecule has 1 aromatic rings. The van der Waals surface area contributed by atoms with Gasteiger partial charge in [-0.05, 0) is 32.3 Å². The molecule has 0 spiro atoms. The molecule has 3 heteroatoms. The smallest absolute Gasteiger partial charge is 0.182 e. The van der Waals surface area contributed by atoms with E-state index in [4.69, 9.17) is 0 Å². The standard InChI is InChI=1S/C11H13NO2/c1-6-9(5-13)7(2)12-10(6)11(14)8-3-4-8/h5,8,12H,3-4H2,1-2H3. The van der Waals surface area contributed by atoms with Crippen molar-refractivity contribution >= 4 is 12.1 Å². The SMILES string of the molecule is Cc1[nH]c(C(=O)C2CC2)c(C)c1C=O. The van der Waals surface area contributed by atoms with Crippen LogP contribution in [0.25, 0.3) is 0 Å². The summed E-state index contributed by atoms with van der Waals surface area (Å²) in [5.41, 5.74) is 2.86. The summed E-state index contributed by atoms with van der Waals surface area (Å²) in [5.74, 6) is 0.366. The lowest BCUT2D eigenvalue weighted by atomic mass is 10.1. The number of aryl methyl sites for hydroxylation is 1. The fraction of sp³-hybridized carbons (Fsp3) is 0.455. The summed E-state index contributed by atoms with van der Waals surface area (Å²) >= 11 is 0. The summed E-state index contributed by atoms with van der Waals surface area (Å²) in [5, 5.41) is 0. The fourth-order valence-corrected chi connectivity index (χ4v) is 1.74. The van der Waals surface area contributed by atoms with Gasteiger partial charge < -0.3 is 4.98 Å². The Bertz CT molecular complexity index is 400. The van der Waals surface area contributed by atoms with Crippen molar-refractivity contribution in [3.05, 3.63) is 22.5 Å². The molecule has 2 rings (SSSR count). The van der Waals surface area contributed by atoms with Crippen LogP contribution < -0.4 is 0 Å². The van der Waals surface area contributed by atoms with Crippen molar-refractivity contribution in [3.63, 3.8) is 0 Å². The number of Topliss-reactive ketones (excluding diaryl/α,β-unsaturated/α-hetero) is 1. The molecule has 0 aliphatic heterocycles. The van der Waals surface area contributed by atoms with E-state index in [1.54, 1.807) is 0 Å². The molecule has 14 heavy (non-hydrogen) atoms. The predicted octanol–water partition coefficient (Wildman–Crippen LogP) is 2.04. The van der Waals surface area contributed by atoms with E-state index in [1.165, 1.54) is 0 Å². The van der Waals surface area contributed by atoms with Crippen LogP contribution >= 0.6 is 0 Å². The number of aromatic nitrogens is 1. The van der Waals surface area contributed by atoms with Crippen LogP contribution in [-0.2, 0) is 0 Å². The molecule has 0 bridgehead atoms. The van der Waals surface area contributed by atoms with Gasteiger partial charge in [0.15, 0.2) is 12.1 Å². The number of ketones is 1. The number of carbonyl (C=O) groups excluding carboxylic acids is 2. The van der Waals surface area contributed by atoms with E-state index in [0.29, 0.717) is 11.3 Å². The first-order chi connectivity index (χ1) is 6.65. The summed E-state index contributed by atoms with van der Waals surface area (Å²) in [6.45, 7) is 3.64. The lowest BCUT2D eigenvalue weighted by molar-refractivity contribution is 0.0962. The molecule has 1 saturated carbocycles. The maximum atomic E-state index is 11.8. The lowest BCUT2D eigenvalue weighted by Crippen LogP contribution is -2.03. The first-order valence-corrected chi connectivity index (χ1v) is 4.83. The van der Waals surface area contributed by atoms with Crippen LogP contribution in [-0.4, -0.2) is 17.1 Å². The summed E-state index contributed by atoms with van der Waals surface area (Å²) in [4.78, 5) is 25.5. The fourth-order valence-electron chi connectivity index (χ4n) is 1.74. The number of hydrogen-bond acceptors (Lipinski definition) is 2. The molecule has 0 atom stereocenters. The molecular weight excluding hydrogens is 178 g/mol. The molecule has 1 aliphatic carbocycles. The third kappa shape index (κ3) is 1.29. The third-order valence-corrected chi connectivity index (χ3v) is 2.81. The Kier molecular flexibility index (Phi) is 2.02. The van der Waals surface area contributed by atoms with Gasteiger partial charge >= 0.3 is 0 Å². The van der Waals surface area contributed by atoms with Crippen molar-refractivity contribution in [2.24, 2.45) is 5.92 Å². The van der Waals surface area contributed by atoms with E-state index in [-0.39, 0.29) is 11.7 Å². The van der Waals surface area contributed by atoms with E-state index < -0.39 is 0 Å². The van der Waals surface area contributed by atoms with Gasteiger partial charge in [-0.25, -0.2) is 0 Å². The largest absolute Gasteiger partial charge is 0.355 e. The molecule has 3 nitrogen and oxygen atoms in total. The molecule has 0 amide bonds. The number of aldehydes is 1. The molecule has 1 fully saturated rings. The zero-order chi connectivity index (χ0) is 10.3. The molecule has 0 radical (unpaired) electrons. The van der Waals surface area contributed by atoms with Gasteiger partial charge in [0.1, 0.15) is 0 Å². The Labute approximate surface area is 82.5 Å². The lowest BCUT2D eigenvalue weighted by Gasteiger charge is -1.96. The van der Waals surface area contributed by atoms with Crippen LogP contribution in [0.5, 0.6) is 0 Å². The van der Waals surface area contributed by atoms with Crippen LogP contribution in [0, 0.1) is 19.8 Å². The number of rotatable bonds is 3. The van der Waals surface area contributed by atoms with Crippen molar-refractivity contribution in [1.29, 1.82) is 0 Å². The van der Waals surface area contributed by atoms with Crippen LogP contribution in [0.3, 0.4) is 0 Å². The number of carbonyl (C=O) groups is 2. The molecule has 1 heterocycles. The van der Waals surface area contributed by atoms with Gasteiger partial charge in [0.25, 0.3) is 0 Å². The molecule has 74 valence electrons. The zero-order valence-corrected chi connectivity index (χ0v) is 8.39. The van der Waals surface area contributed by atoms with E-state index in [9.17, 15) is 9.59 Å². The zero-order valence-electron chi connectivity index (χ0n) is 8.39. The summed E-state index contributed by atoms with van der Waals surface area (Å²) in [7, 11) is 0. The maximum absolute atomic E-state index is 11.8. The number of aromatic amines is 1. The van der Waals surface area contributed by atoms with Crippen molar-refractivity contribution in [2.45, 2.75) is 26.7 Å². The second-order valence-electron chi connectivity index (χ2n) is 3.92. The number of hydrogen-bond donors (Lipinski definition) is 1. The van der Waals surface area contributed by atoms with E-state index >= 15 is 0 Å². The third-order valence-electron chi connectivity index (χ3n) is 2.81. The van der Waals surface area contributed by atoms with E-state index in [1.807, 2.05) is 13.8 Å². The Balaban J connectivity index is 2.42. The highest BCUT2D eigenvalue weighted by atomic mass is 16.1. The monoisotopic (exact) mass is 191 g/mol. The molecule has 0 aromatic carbocycles. The summed E-state index contributed by atoms with van der Waals surface area (Å²) in [6.07, 6.45) is 2.80. The normalized spacial score (nSPS) is 15.6. The first-order valence-electron chi connectivity index (χ1n) is 4.83. The Morgan fingerprint density at radius 2 is 2.07 bits per heavy atom. The molecule has 1 aromatic heterocycles. The van der Waals surface area contributed by atoms with Gasteiger partial charge in [0.05, 0.1) is 5.69 Å². The second kappa shape index (κ2) is 3.08. The minimum atomic E-state index is 0.165.